The standard InChI is InChI=1S/C15H21F2N3O.HI/c1-2-18-15(20-8-3-4-9-20)19-11-12-6-5-7-13(10-12)21-14(16)17;/h5-7,10,14H,2-4,8-9,11H2,1H3,(H,18,19);1H. The number of rotatable bonds is 5. The molecule has 124 valence electrons. The molecule has 0 amide bonds. The van der Waals surface area contributed by atoms with Crippen LogP contribution in [-0.4, -0.2) is 37.1 Å². The third kappa shape index (κ3) is 5.94. The molecule has 0 atom stereocenters. The number of nitrogens with zero attached hydrogens (tertiary/aromatic N) is 2. The molecule has 1 N–H and O–H groups in total. The lowest BCUT2D eigenvalue weighted by Gasteiger charge is -2.20. The van der Waals surface area contributed by atoms with Gasteiger partial charge in [0.05, 0.1) is 6.54 Å². The summed E-state index contributed by atoms with van der Waals surface area (Å²) in [5, 5.41) is 3.27. The van der Waals surface area contributed by atoms with E-state index >= 15 is 0 Å². The fraction of sp³-hybridized carbons (Fsp3) is 0.533. The second-order valence-corrected chi connectivity index (χ2v) is 4.89. The van der Waals surface area contributed by atoms with Gasteiger partial charge in [-0.1, -0.05) is 12.1 Å². The van der Waals surface area contributed by atoms with Gasteiger partial charge in [0.25, 0.3) is 0 Å². The fourth-order valence-corrected chi connectivity index (χ4v) is 2.34. The average molecular weight is 425 g/mol. The van der Waals surface area contributed by atoms with Gasteiger partial charge in [0.15, 0.2) is 5.96 Å². The number of aliphatic imine (C=N–C) groups is 1. The van der Waals surface area contributed by atoms with Crippen molar-refractivity contribution in [2.24, 2.45) is 4.99 Å². The lowest BCUT2D eigenvalue weighted by Crippen LogP contribution is -2.39. The van der Waals surface area contributed by atoms with E-state index in [1.807, 2.05) is 13.0 Å². The maximum absolute atomic E-state index is 12.2. The molecule has 0 radical (unpaired) electrons. The Morgan fingerprint density at radius 3 is 2.73 bits per heavy atom. The van der Waals surface area contributed by atoms with Crippen molar-refractivity contribution in [3.8, 4) is 5.75 Å². The number of halogens is 3. The highest BCUT2D eigenvalue weighted by Gasteiger charge is 2.15. The maximum Gasteiger partial charge on any atom is 0.387 e. The second kappa shape index (κ2) is 9.81. The van der Waals surface area contributed by atoms with E-state index in [4.69, 9.17) is 0 Å². The van der Waals surface area contributed by atoms with E-state index in [0.717, 1.165) is 31.2 Å². The third-order valence-corrected chi connectivity index (χ3v) is 3.28. The molecule has 1 saturated heterocycles. The minimum Gasteiger partial charge on any atom is -0.435 e. The number of hydrogen-bond acceptors (Lipinski definition) is 2. The molecule has 0 saturated carbocycles. The monoisotopic (exact) mass is 425 g/mol. The Hall–Kier alpha value is -1.12. The molecule has 0 unspecified atom stereocenters. The molecule has 2 rings (SSSR count). The molecule has 0 spiro atoms. The van der Waals surface area contributed by atoms with Crippen molar-refractivity contribution in [1.29, 1.82) is 0 Å². The summed E-state index contributed by atoms with van der Waals surface area (Å²) < 4.78 is 28.8. The Morgan fingerprint density at radius 1 is 1.36 bits per heavy atom. The highest BCUT2D eigenvalue weighted by Crippen LogP contribution is 2.17. The largest absolute Gasteiger partial charge is 0.435 e. The van der Waals surface area contributed by atoms with Crippen LogP contribution in [0.4, 0.5) is 8.78 Å². The van der Waals surface area contributed by atoms with E-state index in [1.165, 1.54) is 18.9 Å². The van der Waals surface area contributed by atoms with Crippen molar-refractivity contribution in [2.75, 3.05) is 19.6 Å². The van der Waals surface area contributed by atoms with Gasteiger partial charge in [-0.25, -0.2) is 4.99 Å². The zero-order valence-electron chi connectivity index (χ0n) is 12.6. The van der Waals surface area contributed by atoms with E-state index in [0.29, 0.717) is 6.54 Å². The Morgan fingerprint density at radius 2 is 2.09 bits per heavy atom. The van der Waals surface area contributed by atoms with Crippen molar-refractivity contribution in [1.82, 2.24) is 10.2 Å². The van der Waals surface area contributed by atoms with Gasteiger partial charge in [0.2, 0.25) is 0 Å². The van der Waals surface area contributed by atoms with Crippen LogP contribution in [0.5, 0.6) is 5.75 Å². The normalized spacial score (nSPS) is 14.9. The Balaban J connectivity index is 0.00000242. The molecular weight excluding hydrogens is 403 g/mol. The number of nitrogens with one attached hydrogen (secondary N) is 1. The minimum absolute atomic E-state index is 0. The van der Waals surface area contributed by atoms with E-state index < -0.39 is 6.61 Å². The van der Waals surface area contributed by atoms with Gasteiger partial charge < -0.3 is 15.0 Å². The molecule has 4 nitrogen and oxygen atoms in total. The summed E-state index contributed by atoms with van der Waals surface area (Å²) >= 11 is 0. The van der Waals surface area contributed by atoms with Gasteiger partial charge in [-0.15, -0.1) is 24.0 Å². The van der Waals surface area contributed by atoms with Gasteiger partial charge in [-0.3, -0.25) is 0 Å². The summed E-state index contributed by atoms with van der Waals surface area (Å²) in [6, 6.07) is 6.68. The zero-order chi connectivity index (χ0) is 15.1. The minimum atomic E-state index is -2.80. The molecule has 1 aliphatic rings. The van der Waals surface area contributed by atoms with Gasteiger partial charge in [0, 0.05) is 19.6 Å². The molecule has 0 bridgehead atoms. The first-order valence-corrected chi connectivity index (χ1v) is 7.26. The molecule has 1 aliphatic heterocycles. The van der Waals surface area contributed by atoms with E-state index in [9.17, 15) is 8.78 Å². The van der Waals surface area contributed by atoms with Gasteiger partial charge in [-0.05, 0) is 37.5 Å². The Kier molecular flexibility index (Phi) is 8.44. The van der Waals surface area contributed by atoms with Crippen molar-refractivity contribution < 1.29 is 13.5 Å². The summed E-state index contributed by atoms with van der Waals surface area (Å²) in [7, 11) is 0. The Bertz CT molecular complexity index is 480. The van der Waals surface area contributed by atoms with Crippen LogP contribution in [0.2, 0.25) is 0 Å². The summed E-state index contributed by atoms with van der Waals surface area (Å²) in [5.74, 6) is 1.05. The summed E-state index contributed by atoms with van der Waals surface area (Å²) in [6.45, 7) is 2.51. The number of benzene rings is 1. The molecule has 22 heavy (non-hydrogen) atoms. The van der Waals surface area contributed by atoms with Crippen molar-refractivity contribution in [2.45, 2.75) is 32.9 Å². The average Bonchev–Trinajstić information content (AvgIpc) is 2.97. The quantitative estimate of drug-likeness (QED) is 0.446. The summed E-state index contributed by atoms with van der Waals surface area (Å²) in [4.78, 5) is 6.80. The highest BCUT2D eigenvalue weighted by atomic mass is 127. The topological polar surface area (TPSA) is 36.9 Å². The highest BCUT2D eigenvalue weighted by molar-refractivity contribution is 14.0. The molecule has 7 heteroatoms. The number of alkyl halides is 2. The number of ether oxygens (including phenoxy) is 1. The zero-order valence-corrected chi connectivity index (χ0v) is 14.9. The third-order valence-electron chi connectivity index (χ3n) is 3.28. The van der Waals surface area contributed by atoms with E-state index in [2.05, 4.69) is 19.9 Å². The molecular formula is C15H22F2IN3O. The van der Waals surface area contributed by atoms with Gasteiger partial charge in [0.1, 0.15) is 5.75 Å². The van der Waals surface area contributed by atoms with Crippen LogP contribution < -0.4 is 10.1 Å². The van der Waals surface area contributed by atoms with Gasteiger partial charge in [-0.2, -0.15) is 8.78 Å². The predicted molar refractivity (Wildman–Crippen MR) is 94.1 cm³/mol. The SMILES string of the molecule is CCNC(=NCc1cccc(OC(F)F)c1)N1CCCC1.I. The number of hydrogen-bond donors (Lipinski definition) is 1. The molecule has 1 aromatic rings. The lowest BCUT2D eigenvalue weighted by molar-refractivity contribution is -0.0498. The maximum atomic E-state index is 12.2. The summed E-state index contributed by atoms with van der Waals surface area (Å²) in [5.41, 5.74) is 0.850. The van der Waals surface area contributed by atoms with Crippen LogP contribution >= 0.6 is 24.0 Å². The van der Waals surface area contributed by atoms with Crippen LogP contribution in [0.3, 0.4) is 0 Å². The molecule has 1 heterocycles. The van der Waals surface area contributed by atoms with Gasteiger partial charge >= 0.3 is 6.61 Å². The van der Waals surface area contributed by atoms with Crippen LogP contribution in [0.15, 0.2) is 29.3 Å². The first kappa shape index (κ1) is 18.9. The van der Waals surface area contributed by atoms with Crippen LogP contribution in [0, 0.1) is 0 Å². The van der Waals surface area contributed by atoms with Crippen LogP contribution in [0.1, 0.15) is 25.3 Å². The second-order valence-electron chi connectivity index (χ2n) is 4.89. The fourth-order valence-electron chi connectivity index (χ4n) is 2.34. The number of likely N-dealkylation sites (tertiary alicyclic amines) is 1. The van der Waals surface area contributed by atoms with E-state index in [1.54, 1.807) is 12.1 Å². The van der Waals surface area contributed by atoms with Crippen LogP contribution in [-0.2, 0) is 6.54 Å². The Labute approximate surface area is 147 Å². The number of guanidine groups is 1. The first-order chi connectivity index (χ1) is 10.2. The van der Waals surface area contributed by atoms with Crippen LogP contribution in [0.25, 0.3) is 0 Å². The lowest BCUT2D eigenvalue weighted by atomic mass is 10.2. The summed E-state index contributed by atoms with van der Waals surface area (Å²) in [6.07, 6.45) is 2.37. The van der Waals surface area contributed by atoms with Crippen molar-refractivity contribution >= 4 is 29.9 Å². The molecule has 1 aromatic carbocycles. The smallest absolute Gasteiger partial charge is 0.387 e. The predicted octanol–water partition coefficient (Wildman–Crippen LogP) is 3.47. The van der Waals surface area contributed by atoms with Crippen molar-refractivity contribution in [3.63, 3.8) is 0 Å². The molecule has 0 aromatic heterocycles. The van der Waals surface area contributed by atoms with E-state index in [-0.39, 0.29) is 29.7 Å². The first-order valence-electron chi connectivity index (χ1n) is 7.26. The molecule has 0 aliphatic carbocycles. The molecule has 1 fully saturated rings. The van der Waals surface area contributed by atoms with Crippen molar-refractivity contribution in [3.05, 3.63) is 29.8 Å².